The van der Waals surface area contributed by atoms with Crippen molar-refractivity contribution in [1.29, 1.82) is 0 Å². The Labute approximate surface area is 122 Å². The van der Waals surface area contributed by atoms with Crippen LogP contribution < -0.4 is 5.73 Å². The average molecular weight is 330 g/mol. The molecule has 1 fully saturated rings. The van der Waals surface area contributed by atoms with Gasteiger partial charge in [-0.25, -0.2) is 4.39 Å². The minimum absolute atomic E-state index is 0.0512. The lowest BCUT2D eigenvalue weighted by Crippen LogP contribution is -2.55. The molecule has 2 N–H and O–H groups in total. The Morgan fingerprint density at radius 3 is 2.84 bits per heavy atom. The minimum atomic E-state index is -0.156. The highest BCUT2D eigenvalue weighted by molar-refractivity contribution is 9.10. The molecule has 0 spiro atoms. The molecule has 0 amide bonds. The van der Waals surface area contributed by atoms with Gasteiger partial charge >= 0.3 is 0 Å². The number of rotatable bonds is 3. The van der Waals surface area contributed by atoms with E-state index in [4.69, 9.17) is 5.73 Å². The fourth-order valence-electron chi connectivity index (χ4n) is 2.76. The Morgan fingerprint density at radius 2 is 2.21 bits per heavy atom. The molecule has 0 aliphatic carbocycles. The maximum absolute atomic E-state index is 14.1. The van der Waals surface area contributed by atoms with Crippen LogP contribution in [-0.2, 0) is 0 Å². The number of nitrogens with two attached hydrogens (primary N) is 1. The Bertz CT molecular complexity index is 441. The highest BCUT2D eigenvalue weighted by Crippen LogP contribution is 2.28. The monoisotopic (exact) mass is 329 g/mol. The second-order valence-corrected chi connectivity index (χ2v) is 6.15. The van der Waals surface area contributed by atoms with Gasteiger partial charge in [-0.3, -0.25) is 4.90 Å². The third kappa shape index (κ3) is 3.34. The molecular weight excluding hydrogens is 309 g/mol. The number of piperazine rings is 1. The number of likely N-dealkylation sites (N-methyl/N-ethyl adjacent to an activating group) is 1. The van der Waals surface area contributed by atoms with E-state index in [1.54, 1.807) is 0 Å². The van der Waals surface area contributed by atoms with Crippen molar-refractivity contribution in [2.45, 2.75) is 19.0 Å². The van der Waals surface area contributed by atoms with Crippen LogP contribution in [0.5, 0.6) is 0 Å². The normalized spacial score (nSPS) is 23.5. The molecule has 2 atom stereocenters. The van der Waals surface area contributed by atoms with Crippen LogP contribution in [0.2, 0.25) is 0 Å². The maximum atomic E-state index is 14.1. The molecule has 1 aliphatic rings. The van der Waals surface area contributed by atoms with Crippen LogP contribution in [0.4, 0.5) is 4.39 Å². The standard InChI is InChI=1S/C14H21BrFN3/c1-10(13-4-3-11(15)7-14(13)16)19-6-5-18(2)9-12(19)8-17/h3-4,7,10,12H,5-6,8-9,17H2,1-2H3. The molecule has 1 aliphatic heterocycles. The second kappa shape index (κ2) is 6.31. The van der Waals surface area contributed by atoms with Gasteiger partial charge in [0.2, 0.25) is 0 Å². The van der Waals surface area contributed by atoms with E-state index in [0.29, 0.717) is 6.54 Å². The Morgan fingerprint density at radius 1 is 1.47 bits per heavy atom. The Hall–Kier alpha value is -0.490. The molecule has 2 rings (SSSR count). The van der Waals surface area contributed by atoms with Gasteiger partial charge < -0.3 is 10.6 Å². The lowest BCUT2D eigenvalue weighted by Gasteiger charge is -2.43. The largest absolute Gasteiger partial charge is 0.329 e. The van der Waals surface area contributed by atoms with Crippen molar-refractivity contribution in [3.05, 3.63) is 34.1 Å². The number of hydrogen-bond donors (Lipinski definition) is 1. The summed E-state index contributed by atoms with van der Waals surface area (Å²) in [6, 6.07) is 5.62. The van der Waals surface area contributed by atoms with Crippen LogP contribution in [0.15, 0.2) is 22.7 Å². The van der Waals surface area contributed by atoms with Crippen molar-refractivity contribution in [3.63, 3.8) is 0 Å². The first kappa shape index (κ1) is 14.9. The van der Waals surface area contributed by atoms with E-state index in [1.165, 1.54) is 6.07 Å². The van der Waals surface area contributed by atoms with E-state index >= 15 is 0 Å². The van der Waals surface area contributed by atoms with Crippen LogP contribution in [0.25, 0.3) is 0 Å². The molecule has 0 bridgehead atoms. The summed E-state index contributed by atoms with van der Waals surface area (Å²) in [7, 11) is 2.10. The molecule has 5 heteroatoms. The van der Waals surface area contributed by atoms with Gasteiger partial charge in [0, 0.05) is 48.3 Å². The summed E-state index contributed by atoms with van der Waals surface area (Å²) in [6.07, 6.45) is 0. The lowest BCUT2D eigenvalue weighted by atomic mass is 10.0. The Balaban J connectivity index is 2.20. The molecule has 3 nitrogen and oxygen atoms in total. The van der Waals surface area contributed by atoms with Gasteiger partial charge in [-0.05, 0) is 26.1 Å². The molecule has 2 unspecified atom stereocenters. The molecule has 1 aromatic carbocycles. The third-order valence-corrected chi connectivity index (χ3v) is 4.41. The fourth-order valence-corrected chi connectivity index (χ4v) is 3.10. The summed E-state index contributed by atoms with van der Waals surface area (Å²) in [6.45, 7) is 5.53. The van der Waals surface area contributed by atoms with E-state index in [-0.39, 0.29) is 17.9 Å². The van der Waals surface area contributed by atoms with Gasteiger partial charge in [-0.1, -0.05) is 22.0 Å². The summed E-state index contributed by atoms with van der Waals surface area (Å²) >= 11 is 3.29. The first-order valence-electron chi connectivity index (χ1n) is 6.62. The molecule has 0 aromatic heterocycles. The fraction of sp³-hybridized carbons (Fsp3) is 0.571. The molecule has 1 aromatic rings. The van der Waals surface area contributed by atoms with E-state index in [9.17, 15) is 4.39 Å². The van der Waals surface area contributed by atoms with E-state index < -0.39 is 0 Å². The van der Waals surface area contributed by atoms with Gasteiger partial charge in [-0.15, -0.1) is 0 Å². The van der Waals surface area contributed by atoms with Crippen molar-refractivity contribution < 1.29 is 4.39 Å². The van der Waals surface area contributed by atoms with Gasteiger partial charge in [0.1, 0.15) is 5.82 Å². The van der Waals surface area contributed by atoms with Gasteiger partial charge in [0.15, 0.2) is 0 Å². The smallest absolute Gasteiger partial charge is 0.129 e. The summed E-state index contributed by atoms with van der Waals surface area (Å²) in [5.74, 6) is -0.156. The van der Waals surface area contributed by atoms with Crippen LogP contribution in [0, 0.1) is 5.82 Å². The van der Waals surface area contributed by atoms with E-state index in [2.05, 4.69) is 39.7 Å². The molecular formula is C14H21BrFN3. The van der Waals surface area contributed by atoms with Crippen LogP contribution in [-0.4, -0.2) is 49.1 Å². The number of hydrogen-bond acceptors (Lipinski definition) is 3. The predicted molar refractivity (Wildman–Crippen MR) is 79.6 cm³/mol. The summed E-state index contributed by atoms with van der Waals surface area (Å²) in [5.41, 5.74) is 6.61. The first-order valence-corrected chi connectivity index (χ1v) is 7.41. The highest BCUT2D eigenvalue weighted by atomic mass is 79.9. The molecule has 19 heavy (non-hydrogen) atoms. The maximum Gasteiger partial charge on any atom is 0.129 e. The summed E-state index contributed by atoms with van der Waals surface area (Å²) in [5, 5.41) is 0. The van der Waals surface area contributed by atoms with Gasteiger partial charge in [0.25, 0.3) is 0 Å². The highest BCUT2D eigenvalue weighted by Gasteiger charge is 2.29. The molecule has 1 heterocycles. The molecule has 0 radical (unpaired) electrons. The minimum Gasteiger partial charge on any atom is -0.329 e. The first-order chi connectivity index (χ1) is 9.02. The van der Waals surface area contributed by atoms with E-state index in [0.717, 1.165) is 29.7 Å². The lowest BCUT2D eigenvalue weighted by molar-refractivity contribution is 0.0608. The number of nitrogens with zero attached hydrogens (tertiary/aromatic N) is 2. The molecule has 106 valence electrons. The molecule has 1 saturated heterocycles. The summed E-state index contributed by atoms with van der Waals surface area (Å²) in [4.78, 5) is 4.59. The number of benzene rings is 1. The van der Waals surface area contributed by atoms with Crippen molar-refractivity contribution in [2.75, 3.05) is 33.2 Å². The van der Waals surface area contributed by atoms with Crippen LogP contribution >= 0.6 is 15.9 Å². The summed E-state index contributed by atoms with van der Waals surface area (Å²) < 4.78 is 14.8. The third-order valence-electron chi connectivity index (χ3n) is 3.91. The topological polar surface area (TPSA) is 32.5 Å². The zero-order chi connectivity index (χ0) is 14.0. The predicted octanol–water partition coefficient (Wildman–Crippen LogP) is 2.22. The van der Waals surface area contributed by atoms with Crippen molar-refractivity contribution in [1.82, 2.24) is 9.80 Å². The SMILES string of the molecule is CC(c1ccc(Br)cc1F)N1CCN(C)CC1CN. The van der Waals surface area contributed by atoms with Crippen molar-refractivity contribution in [3.8, 4) is 0 Å². The molecule has 0 saturated carbocycles. The second-order valence-electron chi connectivity index (χ2n) is 5.23. The zero-order valence-electron chi connectivity index (χ0n) is 11.4. The van der Waals surface area contributed by atoms with Crippen LogP contribution in [0.1, 0.15) is 18.5 Å². The van der Waals surface area contributed by atoms with Crippen molar-refractivity contribution in [2.24, 2.45) is 5.73 Å². The van der Waals surface area contributed by atoms with Gasteiger partial charge in [0.05, 0.1) is 0 Å². The zero-order valence-corrected chi connectivity index (χ0v) is 13.0. The average Bonchev–Trinajstić information content (AvgIpc) is 2.37. The van der Waals surface area contributed by atoms with E-state index in [1.807, 2.05) is 12.1 Å². The number of halogens is 2. The Kier molecular flexibility index (Phi) is 4.95. The van der Waals surface area contributed by atoms with Gasteiger partial charge in [-0.2, -0.15) is 0 Å². The van der Waals surface area contributed by atoms with Crippen molar-refractivity contribution >= 4 is 15.9 Å². The van der Waals surface area contributed by atoms with Crippen LogP contribution in [0.3, 0.4) is 0 Å². The quantitative estimate of drug-likeness (QED) is 0.922.